The molecule has 0 radical (unpaired) electrons. The molecule has 1 aliphatic rings. The SMILES string of the molecule is COc1ccc(CN2C(=S)N[C@H](c3ccccn3)[C@H]2c2cc(C)n(-c3cc(C)ccn3)c2C)cc1. The van der Waals surface area contributed by atoms with Crippen LogP contribution in [0.25, 0.3) is 5.82 Å². The third kappa shape index (κ3) is 4.39. The van der Waals surface area contributed by atoms with Gasteiger partial charge >= 0.3 is 0 Å². The van der Waals surface area contributed by atoms with E-state index in [0.717, 1.165) is 39.3 Å². The van der Waals surface area contributed by atoms with Crippen molar-refractivity contribution in [2.75, 3.05) is 7.11 Å². The summed E-state index contributed by atoms with van der Waals surface area (Å²) < 4.78 is 7.57. The van der Waals surface area contributed by atoms with Crippen molar-refractivity contribution in [3.05, 3.63) is 107 Å². The molecule has 1 N–H and O–H groups in total. The standard InChI is InChI=1S/C28H29N5OS/c1-18-12-14-30-25(15-18)33-19(2)16-23(20(33)3)27-26(24-7-5-6-13-29-24)31-28(35)32(27)17-21-8-10-22(34-4)11-9-21/h5-16,26-27H,17H2,1-4H3,(H,31,35)/t26-,27-/m1/s1. The quantitative estimate of drug-likeness (QED) is 0.372. The molecule has 0 spiro atoms. The van der Waals surface area contributed by atoms with E-state index in [1.165, 1.54) is 11.1 Å². The monoisotopic (exact) mass is 483 g/mol. The van der Waals surface area contributed by atoms with Gasteiger partial charge in [-0.3, -0.25) is 4.98 Å². The third-order valence-corrected chi connectivity index (χ3v) is 6.98. The zero-order valence-electron chi connectivity index (χ0n) is 20.4. The first-order valence-corrected chi connectivity index (χ1v) is 12.1. The molecule has 178 valence electrons. The van der Waals surface area contributed by atoms with Gasteiger partial charge in [-0.15, -0.1) is 0 Å². The summed E-state index contributed by atoms with van der Waals surface area (Å²) in [6.45, 7) is 7.06. The highest BCUT2D eigenvalue weighted by molar-refractivity contribution is 7.80. The minimum Gasteiger partial charge on any atom is -0.497 e. The molecule has 0 bridgehead atoms. The summed E-state index contributed by atoms with van der Waals surface area (Å²) in [5.74, 6) is 1.77. The fraction of sp³-hybridized carbons (Fsp3) is 0.250. The molecule has 4 heterocycles. The van der Waals surface area contributed by atoms with Crippen molar-refractivity contribution in [3.8, 4) is 11.6 Å². The highest BCUT2D eigenvalue weighted by atomic mass is 32.1. The molecule has 1 aliphatic heterocycles. The first-order valence-electron chi connectivity index (χ1n) is 11.7. The summed E-state index contributed by atoms with van der Waals surface area (Å²) >= 11 is 5.88. The minimum absolute atomic E-state index is 0.0238. The zero-order valence-corrected chi connectivity index (χ0v) is 21.2. The maximum Gasteiger partial charge on any atom is 0.170 e. The Balaban J connectivity index is 1.60. The average molecular weight is 484 g/mol. The van der Waals surface area contributed by atoms with Crippen molar-refractivity contribution in [2.24, 2.45) is 0 Å². The number of benzene rings is 1. The van der Waals surface area contributed by atoms with Crippen LogP contribution in [0.15, 0.2) is 73.1 Å². The van der Waals surface area contributed by atoms with Crippen molar-refractivity contribution in [1.82, 2.24) is 24.8 Å². The number of pyridine rings is 2. The van der Waals surface area contributed by atoms with Gasteiger partial charge < -0.3 is 19.5 Å². The first kappa shape index (κ1) is 23.1. The summed E-state index contributed by atoms with van der Waals surface area (Å²) in [5, 5.41) is 4.28. The Hall–Kier alpha value is -3.71. The Labute approximate surface area is 211 Å². The summed E-state index contributed by atoms with van der Waals surface area (Å²) in [6.07, 6.45) is 3.70. The summed E-state index contributed by atoms with van der Waals surface area (Å²) in [4.78, 5) is 11.6. The predicted octanol–water partition coefficient (Wildman–Crippen LogP) is 5.37. The van der Waals surface area contributed by atoms with E-state index in [0.29, 0.717) is 6.54 Å². The number of methoxy groups -OCH3 is 1. The van der Waals surface area contributed by atoms with Gasteiger partial charge in [-0.1, -0.05) is 18.2 Å². The summed E-state index contributed by atoms with van der Waals surface area (Å²) in [6, 6.07) is 20.5. The Kier molecular flexibility index (Phi) is 6.26. The summed E-state index contributed by atoms with van der Waals surface area (Å²) in [7, 11) is 1.68. The van der Waals surface area contributed by atoms with Gasteiger partial charge in [0.25, 0.3) is 0 Å². The fourth-order valence-corrected chi connectivity index (χ4v) is 5.23. The van der Waals surface area contributed by atoms with E-state index in [1.807, 2.05) is 42.7 Å². The Morgan fingerprint density at radius 2 is 1.77 bits per heavy atom. The van der Waals surface area contributed by atoms with E-state index in [9.17, 15) is 0 Å². The molecule has 1 aromatic carbocycles. The van der Waals surface area contributed by atoms with Crippen LogP contribution in [0.2, 0.25) is 0 Å². The van der Waals surface area contributed by atoms with Gasteiger partial charge in [-0.2, -0.15) is 0 Å². The molecule has 5 rings (SSSR count). The van der Waals surface area contributed by atoms with Gasteiger partial charge in [0.15, 0.2) is 5.11 Å². The minimum atomic E-state index is -0.0682. The van der Waals surface area contributed by atoms with Crippen LogP contribution in [-0.4, -0.2) is 31.7 Å². The Morgan fingerprint density at radius 1 is 0.971 bits per heavy atom. The second kappa shape index (κ2) is 9.50. The van der Waals surface area contributed by atoms with Crippen molar-refractivity contribution >= 4 is 17.3 Å². The molecule has 3 aromatic heterocycles. The molecular weight excluding hydrogens is 454 g/mol. The van der Waals surface area contributed by atoms with E-state index in [4.69, 9.17) is 17.0 Å². The molecule has 2 atom stereocenters. The van der Waals surface area contributed by atoms with Crippen molar-refractivity contribution in [3.63, 3.8) is 0 Å². The smallest absolute Gasteiger partial charge is 0.170 e. The van der Waals surface area contributed by atoms with E-state index in [2.05, 4.69) is 75.9 Å². The van der Waals surface area contributed by atoms with Crippen molar-refractivity contribution < 1.29 is 4.74 Å². The largest absolute Gasteiger partial charge is 0.497 e. The maximum absolute atomic E-state index is 5.88. The molecule has 1 saturated heterocycles. The van der Waals surface area contributed by atoms with E-state index in [1.54, 1.807) is 7.11 Å². The number of ether oxygens (including phenoxy) is 1. The fourth-order valence-electron chi connectivity index (χ4n) is 4.92. The van der Waals surface area contributed by atoms with Gasteiger partial charge in [0.05, 0.1) is 24.9 Å². The van der Waals surface area contributed by atoms with Crippen LogP contribution in [0, 0.1) is 20.8 Å². The van der Waals surface area contributed by atoms with Crippen molar-refractivity contribution in [1.29, 1.82) is 0 Å². The lowest BCUT2D eigenvalue weighted by atomic mass is 9.96. The van der Waals surface area contributed by atoms with Gasteiger partial charge in [-0.05, 0) is 92.1 Å². The molecule has 1 fully saturated rings. The molecule has 0 unspecified atom stereocenters. The predicted molar refractivity (Wildman–Crippen MR) is 142 cm³/mol. The maximum atomic E-state index is 5.88. The Morgan fingerprint density at radius 3 is 2.46 bits per heavy atom. The van der Waals surface area contributed by atoms with Crippen molar-refractivity contribution in [2.45, 2.75) is 39.4 Å². The highest BCUT2D eigenvalue weighted by Gasteiger charge is 2.41. The molecule has 0 saturated carbocycles. The third-order valence-electron chi connectivity index (χ3n) is 6.63. The average Bonchev–Trinajstić information content (AvgIpc) is 3.34. The zero-order chi connectivity index (χ0) is 24.5. The van der Waals surface area contributed by atoms with Gasteiger partial charge in [0, 0.05) is 30.3 Å². The van der Waals surface area contributed by atoms with E-state index < -0.39 is 0 Å². The number of aromatic nitrogens is 3. The van der Waals surface area contributed by atoms with Crippen LogP contribution in [0.5, 0.6) is 5.75 Å². The number of nitrogens with one attached hydrogen (secondary N) is 1. The second-order valence-corrected chi connectivity index (χ2v) is 9.34. The lowest BCUT2D eigenvalue weighted by Crippen LogP contribution is -2.29. The normalized spacial score (nSPS) is 17.5. The van der Waals surface area contributed by atoms with Crippen LogP contribution in [-0.2, 0) is 6.54 Å². The number of nitrogens with zero attached hydrogens (tertiary/aromatic N) is 4. The van der Waals surface area contributed by atoms with E-state index >= 15 is 0 Å². The number of thiocarbonyl (C=S) groups is 1. The van der Waals surface area contributed by atoms with E-state index in [-0.39, 0.29) is 12.1 Å². The number of aryl methyl sites for hydroxylation is 2. The number of hydrogen-bond acceptors (Lipinski definition) is 4. The van der Waals surface area contributed by atoms with Crippen LogP contribution in [0.4, 0.5) is 0 Å². The summed E-state index contributed by atoms with van der Waals surface area (Å²) in [5.41, 5.74) is 6.81. The van der Waals surface area contributed by atoms with Crippen LogP contribution in [0.3, 0.4) is 0 Å². The second-order valence-electron chi connectivity index (χ2n) is 8.96. The molecule has 4 aromatic rings. The Bertz CT molecular complexity index is 1350. The molecular formula is C28H29N5OS. The lowest BCUT2D eigenvalue weighted by Gasteiger charge is -2.28. The van der Waals surface area contributed by atoms with Crippen LogP contribution < -0.4 is 10.1 Å². The molecule has 0 aliphatic carbocycles. The van der Waals surface area contributed by atoms with Gasteiger partial charge in [0.1, 0.15) is 11.6 Å². The van der Waals surface area contributed by atoms with Gasteiger partial charge in [0.2, 0.25) is 0 Å². The highest BCUT2D eigenvalue weighted by Crippen LogP contribution is 2.42. The first-order chi connectivity index (χ1) is 17.0. The molecule has 7 heteroatoms. The molecule has 0 amide bonds. The van der Waals surface area contributed by atoms with Crippen LogP contribution >= 0.6 is 12.2 Å². The molecule has 6 nitrogen and oxygen atoms in total. The number of rotatable bonds is 6. The lowest BCUT2D eigenvalue weighted by molar-refractivity contribution is 0.310. The van der Waals surface area contributed by atoms with Gasteiger partial charge in [-0.25, -0.2) is 4.98 Å². The topological polar surface area (TPSA) is 55.2 Å². The number of hydrogen-bond donors (Lipinski definition) is 1. The van der Waals surface area contributed by atoms with Crippen LogP contribution in [0.1, 0.15) is 45.9 Å². The molecule has 35 heavy (non-hydrogen) atoms.